The van der Waals surface area contributed by atoms with Crippen LogP contribution in [0.15, 0.2) is 48.5 Å². The van der Waals surface area contributed by atoms with E-state index in [0.29, 0.717) is 0 Å². The van der Waals surface area contributed by atoms with E-state index in [1.807, 2.05) is 24.3 Å². The molecule has 1 aliphatic carbocycles. The Morgan fingerprint density at radius 3 is 2.07 bits per heavy atom. The SMILES string of the molecule is CC(C)C(NN(C)C(=O)OCC1c2ccccc2-c2ccccc21)C(=O)O. The molecule has 0 spiro atoms. The topological polar surface area (TPSA) is 78.9 Å². The van der Waals surface area contributed by atoms with Gasteiger partial charge in [-0.05, 0) is 28.2 Å². The van der Waals surface area contributed by atoms with E-state index in [-0.39, 0.29) is 18.4 Å². The molecule has 3 rings (SSSR count). The van der Waals surface area contributed by atoms with Gasteiger partial charge in [0.05, 0.1) is 0 Å². The summed E-state index contributed by atoms with van der Waals surface area (Å²) in [5.41, 5.74) is 7.27. The third-order valence-electron chi connectivity index (χ3n) is 4.88. The van der Waals surface area contributed by atoms with Gasteiger partial charge in [0.15, 0.2) is 0 Å². The predicted molar refractivity (Wildman–Crippen MR) is 102 cm³/mol. The molecule has 1 amide bonds. The van der Waals surface area contributed by atoms with E-state index in [1.165, 1.54) is 7.05 Å². The van der Waals surface area contributed by atoms with Gasteiger partial charge in [-0.2, -0.15) is 0 Å². The Labute approximate surface area is 158 Å². The third kappa shape index (κ3) is 3.80. The van der Waals surface area contributed by atoms with Gasteiger partial charge in [-0.15, -0.1) is 0 Å². The predicted octanol–water partition coefficient (Wildman–Crippen LogP) is 3.48. The standard InChI is InChI=1S/C21H24N2O4/c1-13(2)19(20(24)25)22-23(3)21(26)27-12-18-16-10-6-4-8-14(16)15-9-5-7-11-17(15)18/h4-11,13,18-19,22H,12H2,1-3H3,(H,24,25). The molecule has 0 saturated heterocycles. The van der Waals surface area contributed by atoms with Gasteiger partial charge in [-0.3, -0.25) is 4.79 Å². The molecule has 6 nitrogen and oxygen atoms in total. The smallest absolute Gasteiger partial charge is 0.424 e. The molecule has 27 heavy (non-hydrogen) atoms. The van der Waals surface area contributed by atoms with Crippen molar-refractivity contribution in [1.82, 2.24) is 10.4 Å². The van der Waals surface area contributed by atoms with Crippen LogP contribution in [0.3, 0.4) is 0 Å². The fourth-order valence-corrected chi connectivity index (χ4v) is 3.44. The number of nitrogens with zero attached hydrogens (tertiary/aromatic N) is 1. The van der Waals surface area contributed by atoms with Crippen molar-refractivity contribution in [3.63, 3.8) is 0 Å². The molecule has 0 radical (unpaired) electrons. The number of aliphatic carboxylic acids is 1. The van der Waals surface area contributed by atoms with Crippen LogP contribution in [-0.4, -0.2) is 41.9 Å². The molecular weight excluding hydrogens is 344 g/mol. The van der Waals surface area contributed by atoms with Crippen LogP contribution in [0.5, 0.6) is 0 Å². The number of carbonyl (C=O) groups excluding carboxylic acids is 1. The first-order chi connectivity index (χ1) is 12.9. The van der Waals surface area contributed by atoms with E-state index in [0.717, 1.165) is 27.3 Å². The normalized spacial score (nSPS) is 13.8. The molecule has 1 aliphatic rings. The van der Waals surface area contributed by atoms with Gasteiger partial charge in [0.25, 0.3) is 0 Å². The summed E-state index contributed by atoms with van der Waals surface area (Å²) in [7, 11) is 1.47. The molecule has 6 heteroatoms. The molecule has 1 atom stereocenters. The quantitative estimate of drug-likeness (QED) is 0.763. The highest BCUT2D eigenvalue weighted by atomic mass is 16.6. The first kappa shape index (κ1) is 18.9. The number of benzene rings is 2. The molecule has 0 aliphatic heterocycles. The van der Waals surface area contributed by atoms with Gasteiger partial charge in [-0.25, -0.2) is 15.2 Å². The molecule has 0 heterocycles. The third-order valence-corrected chi connectivity index (χ3v) is 4.88. The van der Waals surface area contributed by atoms with Gasteiger partial charge in [0.1, 0.15) is 12.6 Å². The van der Waals surface area contributed by atoms with E-state index in [1.54, 1.807) is 13.8 Å². The summed E-state index contributed by atoms with van der Waals surface area (Å²) in [5, 5.41) is 10.4. The Morgan fingerprint density at radius 2 is 1.59 bits per heavy atom. The number of fused-ring (bicyclic) bond motifs is 3. The van der Waals surface area contributed by atoms with Crippen molar-refractivity contribution in [2.75, 3.05) is 13.7 Å². The number of hydrogen-bond donors (Lipinski definition) is 2. The highest BCUT2D eigenvalue weighted by molar-refractivity contribution is 5.79. The van der Waals surface area contributed by atoms with Crippen molar-refractivity contribution in [1.29, 1.82) is 0 Å². The largest absolute Gasteiger partial charge is 0.480 e. The van der Waals surface area contributed by atoms with Crippen LogP contribution in [0.25, 0.3) is 11.1 Å². The van der Waals surface area contributed by atoms with Crippen molar-refractivity contribution in [2.24, 2.45) is 5.92 Å². The Bertz CT molecular complexity index is 804. The lowest BCUT2D eigenvalue weighted by molar-refractivity contribution is -0.142. The minimum atomic E-state index is -1.01. The molecule has 2 N–H and O–H groups in total. The molecule has 2 aromatic rings. The molecule has 2 aromatic carbocycles. The number of ether oxygens (including phenoxy) is 1. The maximum atomic E-state index is 12.4. The molecule has 0 fully saturated rings. The molecule has 1 unspecified atom stereocenters. The molecule has 142 valence electrons. The monoisotopic (exact) mass is 368 g/mol. The van der Waals surface area contributed by atoms with Crippen molar-refractivity contribution < 1.29 is 19.4 Å². The Hall–Kier alpha value is -2.86. The second kappa shape index (κ2) is 7.80. The first-order valence-corrected chi connectivity index (χ1v) is 8.97. The lowest BCUT2D eigenvalue weighted by atomic mass is 9.98. The van der Waals surface area contributed by atoms with Crippen LogP contribution in [0.2, 0.25) is 0 Å². The van der Waals surface area contributed by atoms with Gasteiger partial charge >= 0.3 is 12.1 Å². The van der Waals surface area contributed by atoms with Gasteiger partial charge in [-0.1, -0.05) is 62.4 Å². The number of amides is 1. The molecular formula is C21H24N2O4. The number of carboxylic acids is 1. The summed E-state index contributed by atoms with van der Waals surface area (Å²) in [4.78, 5) is 23.7. The summed E-state index contributed by atoms with van der Waals surface area (Å²) in [6.07, 6.45) is -0.608. The van der Waals surface area contributed by atoms with Crippen molar-refractivity contribution >= 4 is 12.1 Å². The number of carbonyl (C=O) groups is 2. The zero-order valence-corrected chi connectivity index (χ0v) is 15.7. The van der Waals surface area contributed by atoms with E-state index in [4.69, 9.17) is 4.74 Å². The maximum absolute atomic E-state index is 12.4. The van der Waals surface area contributed by atoms with Crippen LogP contribution in [-0.2, 0) is 9.53 Å². The van der Waals surface area contributed by atoms with Crippen LogP contribution in [0.1, 0.15) is 30.9 Å². The van der Waals surface area contributed by atoms with Gasteiger partial charge in [0.2, 0.25) is 0 Å². The minimum absolute atomic E-state index is 0.0323. The van der Waals surface area contributed by atoms with Crippen molar-refractivity contribution in [2.45, 2.75) is 25.8 Å². The second-order valence-corrected chi connectivity index (χ2v) is 7.05. The zero-order chi connectivity index (χ0) is 19.6. The summed E-state index contributed by atoms with van der Waals surface area (Å²) in [5.74, 6) is -1.22. The summed E-state index contributed by atoms with van der Waals surface area (Å²) in [6.45, 7) is 3.74. The summed E-state index contributed by atoms with van der Waals surface area (Å²) >= 11 is 0. The zero-order valence-electron chi connectivity index (χ0n) is 15.7. The minimum Gasteiger partial charge on any atom is -0.480 e. The highest BCUT2D eigenvalue weighted by Gasteiger charge is 2.30. The van der Waals surface area contributed by atoms with Crippen molar-refractivity contribution in [3.8, 4) is 11.1 Å². The van der Waals surface area contributed by atoms with Gasteiger partial charge in [0, 0.05) is 13.0 Å². The van der Waals surface area contributed by atoms with Crippen LogP contribution < -0.4 is 5.43 Å². The summed E-state index contributed by atoms with van der Waals surface area (Å²) < 4.78 is 5.49. The lowest BCUT2D eigenvalue weighted by Gasteiger charge is -2.25. The van der Waals surface area contributed by atoms with Crippen LogP contribution >= 0.6 is 0 Å². The van der Waals surface area contributed by atoms with Gasteiger partial charge < -0.3 is 9.84 Å². The lowest BCUT2D eigenvalue weighted by Crippen LogP contribution is -2.51. The second-order valence-electron chi connectivity index (χ2n) is 7.05. The van der Waals surface area contributed by atoms with E-state index < -0.39 is 18.1 Å². The van der Waals surface area contributed by atoms with Crippen molar-refractivity contribution in [3.05, 3.63) is 59.7 Å². The Kier molecular flexibility index (Phi) is 5.46. The number of hydrogen-bond acceptors (Lipinski definition) is 4. The van der Waals surface area contributed by atoms with Crippen LogP contribution in [0.4, 0.5) is 4.79 Å². The fraction of sp³-hybridized carbons (Fsp3) is 0.333. The maximum Gasteiger partial charge on any atom is 0.424 e. The van der Waals surface area contributed by atoms with Crippen LogP contribution in [0, 0.1) is 5.92 Å². The first-order valence-electron chi connectivity index (χ1n) is 8.97. The fourth-order valence-electron chi connectivity index (χ4n) is 3.44. The van der Waals surface area contributed by atoms with E-state index >= 15 is 0 Å². The average Bonchev–Trinajstić information content (AvgIpc) is 2.97. The van der Waals surface area contributed by atoms with E-state index in [2.05, 4.69) is 29.7 Å². The molecule has 0 aromatic heterocycles. The highest BCUT2D eigenvalue weighted by Crippen LogP contribution is 2.44. The Morgan fingerprint density at radius 1 is 1.07 bits per heavy atom. The number of carboxylic acid groups (broad SMARTS) is 1. The molecule has 0 bridgehead atoms. The summed E-state index contributed by atoms with van der Waals surface area (Å²) in [6, 6.07) is 15.3. The number of nitrogens with one attached hydrogen (secondary N) is 1. The molecule has 0 saturated carbocycles. The Balaban J connectivity index is 1.70. The van der Waals surface area contributed by atoms with E-state index in [9.17, 15) is 14.7 Å². The number of rotatable bonds is 6. The average molecular weight is 368 g/mol. The number of hydrazine groups is 1.